The molecular weight excluding hydrogens is 651 g/mol. The lowest BCUT2D eigenvalue weighted by molar-refractivity contribution is -0.152. The van der Waals surface area contributed by atoms with Gasteiger partial charge in [0, 0.05) is 13.1 Å². The SMILES string of the molecule is O=C(Cl)CCl.O=C1COC[C@@H](COCc2ccccc2)N1Cc1ccccc1.OC[C@@H](COCc1ccccc1)NCc1ccccc1. The van der Waals surface area contributed by atoms with Crippen molar-refractivity contribution in [1.82, 2.24) is 10.2 Å². The highest BCUT2D eigenvalue weighted by atomic mass is 35.5. The Kier molecular flexibility index (Phi) is 19.2. The van der Waals surface area contributed by atoms with E-state index in [1.807, 2.05) is 114 Å². The van der Waals surface area contributed by atoms with Crippen LogP contribution in [-0.2, 0) is 50.1 Å². The lowest BCUT2D eigenvalue weighted by Gasteiger charge is -2.35. The minimum Gasteiger partial charge on any atom is -0.395 e. The molecule has 1 saturated heterocycles. The van der Waals surface area contributed by atoms with Crippen molar-refractivity contribution in [2.24, 2.45) is 0 Å². The van der Waals surface area contributed by atoms with E-state index in [1.165, 1.54) is 5.56 Å². The Labute approximate surface area is 293 Å². The van der Waals surface area contributed by atoms with Crippen molar-refractivity contribution in [2.75, 3.05) is 38.9 Å². The maximum Gasteiger partial charge on any atom is 0.249 e. The number of ether oxygens (including phenoxy) is 3. The predicted octanol–water partition coefficient (Wildman–Crippen LogP) is 5.98. The minimum atomic E-state index is -0.508. The second-order valence-electron chi connectivity index (χ2n) is 10.9. The van der Waals surface area contributed by atoms with Crippen LogP contribution in [0.2, 0.25) is 0 Å². The molecule has 0 saturated carbocycles. The molecule has 48 heavy (non-hydrogen) atoms. The number of hydrogen-bond donors (Lipinski definition) is 2. The minimum absolute atomic E-state index is 0.0217. The number of aliphatic hydroxyl groups excluding tert-OH is 1. The van der Waals surface area contributed by atoms with Gasteiger partial charge < -0.3 is 29.5 Å². The van der Waals surface area contributed by atoms with Crippen LogP contribution < -0.4 is 5.32 Å². The van der Waals surface area contributed by atoms with E-state index in [0.29, 0.717) is 39.6 Å². The smallest absolute Gasteiger partial charge is 0.249 e. The van der Waals surface area contributed by atoms with Gasteiger partial charge in [-0.05, 0) is 33.9 Å². The average molecular weight is 696 g/mol. The van der Waals surface area contributed by atoms with Gasteiger partial charge in [-0.25, -0.2) is 0 Å². The zero-order valence-corrected chi connectivity index (χ0v) is 28.5. The summed E-state index contributed by atoms with van der Waals surface area (Å²) in [6.45, 7) is 4.18. The topological polar surface area (TPSA) is 97.3 Å². The van der Waals surface area contributed by atoms with Crippen LogP contribution >= 0.6 is 23.2 Å². The van der Waals surface area contributed by atoms with Crippen molar-refractivity contribution >= 4 is 34.4 Å². The van der Waals surface area contributed by atoms with E-state index in [2.05, 4.69) is 17.4 Å². The van der Waals surface area contributed by atoms with Gasteiger partial charge in [0.25, 0.3) is 0 Å². The van der Waals surface area contributed by atoms with Gasteiger partial charge in [0.2, 0.25) is 11.1 Å². The molecule has 1 heterocycles. The molecule has 8 nitrogen and oxygen atoms in total. The molecule has 4 aromatic carbocycles. The number of halogens is 2. The summed E-state index contributed by atoms with van der Waals surface area (Å²) >= 11 is 9.55. The Balaban J connectivity index is 0.000000230. The summed E-state index contributed by atoms with van der Waals surface area (Å²) in [5.41, 5.74) is 4.60. The van der Waals surface area contributed by atoms with Crippen LogP contribution in [0.3, 0.4) is 0 Å². The largest absolute Gasteiger partial charge is 0.395 e. The lowest BCUT2D eigenvalue weighted by Crippen LogP contribution is -2.50. The molecule has 4 aromatic rings. The first-order chi connectivity index (χ1) is 23.5. The lowest BCUT2D eigenvalue weighted by atomic mass is 10.1. The molecular formula is C38H44Cl2N2O6. The van der Waals surface area contributed by atoms with Gasteiger partial charge in [0.05, 0.1) is 57.6 Å². The number of rotatable bonds is 15. The fourth-order valence-electron chi connectivity index (χ4n) is 4.61. The second kappa shape index (κ2) is 23.7. The Morgan fingerprint density at radius 3 is 1.79 bits per heavy atom. The van der Waals surface area contributed by atoms with Gasteiger partial charge in [-0.2, -0.15) is 0 Å². The maximum atomic E-state index is 12.2. The van der Waals surface area contributed by atoms with Crippen molar-refractivity contribution in [3.63, 3.8) is 0 Å². The van der Waals surface area contributed by atoms with Gasteiger partial charge in [0.1, 0.15) is 6.61 Å². The fourth-order valence-corrected chi connectivity index (χ4v) is 4.61. The molecule has 1 aliphatic rings. The third-order valence-corrected chi connectivity index (χ3v) is 7.62. The highest BCUT2D eigenvalue weighted by Crippen LogP contribution is 2.15. The van der Waals surface area contributed by atoms with E-state index < -0.39 is 5.24 Å². The van der Waals surface area contributed by atoms with E-state index >= 15 is 0 Å². The number of nitrogens with one attached hydrogen (secondary N) is 1. The summed E-state index contributed by atoms with van der Waals surface area (Å²) in [5.74, 6) is -0.0740. The zero-order chi connectivity index (χ0) is 34.2. The first-order valence-corrected chi connectivity index (χ1v) is 16.7. The van der Waals surface area contributed by atoms with E-state index in [9.17, 15) is 14.7 Å². The normalized spacial score (nSPS) is 14.6. The van der Waals surface area contributed by atoms with Gasteiger partial charge >= 0.3 is 0 Å². The van der Waals surface area contributed by atoms with Crippen molar-refractivity contribution in [3.8, 4) is 0 Å². The number of morpholine rings is 1. The Morgan fingerprint density at radius 1 is 0.812 bits per heavy atom. The summed E-state index contributed by atoms with van der Waals surface area (Å²) in [7, 11) is 0. The highest BCUT2D eigenvalue weighted by molar-refractivity contribution is 6.67. The molecule has 1 fully saturated rings. The highest BCUT2D eigenvalue weighted by Gasteiger charge is 2.28. The molecule has 0 radical (unpaired) electrons. The summed E-state index contributed by atoms with van der Waals surface area (Å²) in [4.78, 5) is 23.5. The van der Waals surface area contributed by atoms with Crippen molar-refractivity contribution < 1.29 is 28.9 Å². The summed E-state index contributed by atoms with van der Waals surface area (Å²) in [5, 5.41) is 12.1. The third-order valence-electron chi connectivity index (χ3n) is 7.11. The van der Waals surface area contributed by atoms with Crippen LogP contribution in [0, 0.1) is 0 Å². The predicted molar refractivity (Wildman–Crippen MR) is 190 cm³/mol. The molecule has 0 spiro atoms. The summed E-state index contributed by atoms with van der Waals surface area (Å²) < 4.78 is 16.8. The van der Waals surface area contributed by atoms with Gasteiger partial charge in [-0.1, -0.05) is 121 Å². The molecule has 10 heteroatoms. The Morgan fingerprint density at radius 2 is 1.29 bits per heavy atom. The average Bonchev–Trinajstić information content (AvgIpc) is 3.13. The molecule has 0 unspecified atom stereocenters. The van der Waals surface area contributed by atoms with Crippen LogP contribution in [-0.4, -0.2) is 72.2 Å². The van der Waals surface area contributed by atoms with Crippen LogP contribution in [0.25, 0.3) is 0 Å². The summed E-state index contributed by atoms with van der Waals surface area (Å²) in [6, 6.07) is 40.2. The number of aliphatic hydroxyl groups is 1. The van der Waals surface area contributed by atoms with Gasteiger partial charge in [-0.15, -0.1) is 11.6 Å². The number of carbonyl (C=O) groups excluding carboxylic acids is 2. The summed E-state index contributed by atoms with van der Waals surface area (Å²) in [6.07, 6.45) is 0. The van der Waals surface area contributed by atoms with E-state index in [1.54, 1.807) is 0 Å². The number of alkyl halides is 1. The van der Waals surface area contributed by atoms with Crippen molar-refractivity contribution in [1.29, 1.82) is 0 Å². The van der Waals surface area contributed by atoms with E-state index in [0.717, 1.165) is 23.2 Å². The Hall–Kier alpha value is -3.60. The first kappa shape index (κ1) is 38.8. The van der Waals surface area contributed by atoms with Crippen LogP contribution in [0.1, 0.15) is 22.3 Å². The van der Waals surface area contributed by atoms with Crippen LogP contribution in [0.15, 0.2) is 121 Å². The molecule has 2 atom stereocenters. The fraction of sp³-hybridized carbons (Fsp3) is 0.316. The second-order valence-corrected chi connectivity index (χ2v) is 11.6. The van der Waals surface area contributed by atoms with E-state index in [-0.39, 0.29) is 37.1 Å². The standard InChI is InChI=1S/C19H21NO3.C17H21NO2.C2H2Cl2O/c21-19-15-23-14-18(13-22-12-17-9-5-2-6-10-17)20(19)11-16-7-3-1-4-8-16;19-12-17(18-11-15-7-3-1-4-8-15)14-20-13-16-9-5-2-6-10-16;3-1-2(4)5/h1-10,18H,11-15H2;1-10,17-19H,11-14H2;1H2/t18-;17-;/m10./s1. The number of nitrogens with zero attached hydrogens (tertiary/aromatic N) is 1. The molecule has 5 rings (SSSR count). The molecule has 2 N–H and O–H groups in total. The van der Waals surface area contributed by atoms with Crippen molar-refractivity contribution in [3.05, 3.63) is 144 Å². The van der Waals surface area contributed by atoms with Crippen molar-refractivity contribution in [2.45, 2.75) is 38.4 Å². The van der Waals surface area contributed by atoms with Gasteiger partial charge in [0.15, 0.2) is 0 Å². The third kappa shape index (κ3) is 16.0. The Bertz CT molecular complexity index is 1420. The molecule has 0 bridgehead atoms. The van der Waals surface area contributed by atoms with Crippen LogP contribution in [0.4, 0.5) is 0 Å². The quantitative estimate of drug-likeness (QED) is 0.117. The number of hydrogen-bond acceptors (Lipinski definition) is 7. The molecule has 0 aromatic heterocycles. The van der Waals surface area contributed by atoms with Crippen LogP contribution in [0.5, 0.6) is 0 Å². The number of benzene rings is 4. The molecule has 1 amide bonds. The molecule has 1 aliphatic heterocycles. The number of amides is 1. The van der Waals surface area contributed by atoms with E-state index in [4.69, 9.17) is 37.4 Å². The molecule has 0 aliphatic carbocycles. The zero-order valence-electron chi connectivity index (χ0n) is 27.0. The number of carbonyl (C=O) groups is 2. The van der Waals surface area contributed by atoms with Gasteiger partial charge in [-0.3, -0.25) is 9.59 Å². The maximum absolute atomic E-state index is 12.2. The molecule has 256 valence electrons. The first-order valence-electron chi connectivity index (χ1n) is 15.8. The monoisotopic (exact) mass is 694 g/mol.